The number of H-pyrrole nitrogens is 2. The Morgan fingerprint density at radius 3 is 2.36 bits per heavy atom. The van der Waals surface area contributed by atoms with Gasteiger partial charge in [-0.3, -0.25) is 24.9 Å². The van der Waals surface area contributed by atoms with Gasteiger partial charge in [0.2, 0.25) is 12.3 Å². The van der Waals surface area contributed by atoms with E-state index in [1.807, 2.05) is 67.3 Å². The number of aromatic amines is 2. The number of anilines is 3. The third-order valence-electron chi connectivity index (χ3n) is 9.35. The third-order valence-corrected chi connectivity index (χ3v) is 9.35. The average molecular weight is 678 g/mol. The van der Waals surface area contributed by atoms with E-state index in [0.29, 0.717) is 78.3 Å². The first kappa shape index (κ1) is 32.5. The van der Waals surface area contributed by atoms with Crippen molar-refractivity contribution in [2.45, 2.75) is 39.0 Å². The Balaban J connectivity index is 0.958. The number of aliphatic hydroxyl groups excluding tert-OH is 1. The van der Waals surface area contributed by atoms with Crippen LogP contribution < -0.4 is 26.5 Å². The van der Waals surface area contributed by atoms with Crippen molar-refractivity contribution in [1.82, 2.24) is 25.3 Å². The number of phenols is 2. The molecular formula is C36H39N9O5. The lowest BCUT2D eigenvalue weighted by Gasteiger charge is -2.36. The number of carbonyl (C=O) groups excluding carboxylic acids is 1. The van der Waals surface area contributed by atoms with Gasteiger partial charge in [-0.2, -0.15) is 10.1 Å². The van der Waals surface area contributed by atoms with Gasteiger partial charge in [0, 0.05) is 55.4 Å². The van der Waals surface area contributed by atoms with E-state index in [4.69, 9.17) is 5.73 Å². The van der Waals surface area contributed by atoms with Gasteiger partial charge < -0.3 is 35.8 Å². The maximum Gasteiger partial charge on any atom is 0.262 e. The number of hydrogen-bond acceptors (Lipinski definition) is 11. The summed E-state index contributed by atoms with van der Waals surface area (Å²) in [6.07, 6.45) is 1.98. The van der Waals surface area contributed by atoms with Gasteiger partial charge in [0.05, 0.1) is 10.9 Å². The summed E-state index contributed by atoms with van der Waals surface area (Å²) >= 11 is 0. The summed E-state index contributed by atoms with van der Waals surface area (Å²) < 4.78 is 0. The number of nitrogens with one attached hydrogen (secondary N) is 3. The maximum atomic E-state index is 13.4. The fraction of sp³-hybridized carbons (Fsp3) is 0.278. The quantitative estimate of drug-likeness (QED) is 0.128. The van der Waals surface area contributed by atoms with Crippen molar-refractivity contribution < 1.29 is 20.1 Å². The Hall–Kier alpha value is -6.02. The number of carbonyl (C=O) groups is 1. The number of piperazine rings is 1. The smallest absolute Gasteiger partial charge is 0.262 e. The summed E-state index contributed by atoms with van der Waals surface area (Å²) in [5, 5.41) is 36.4. The van der Waals surface area contributed by atoms with Crippen LogP contribution in [0.1, 0.15) is 52.4 Å². The molecule has 4 heterocycles. The second-order valence-electron chi connectivity index (χ2n) is 12.9. The molecular weight excluding hydrogens is 638 g/mol. The highest BCUT2D eigenvalue weighted by molar-refractivity contribution is 6.12. The number of rotatable bonds is 8. The van der Waals surface area contributed by atoms with Gasteiger partial charge in [-0.25, -0.2) is 0 Å². The van der Waals surface area contributed by atoms with Crippen LogP contribution in [0.25, 0.3) is 11.0 Å². The molecule has 2 aromatic heterocycles. The van der Waals surface area contributed by atoms with Gasteiger partial charge in [-0.15, -0.1) is 0 Å². The van der Waals surface area contributed by atoms with Crippen molar-refractivity contribution in [3.8, 4) is 11.5 Å². The van der Waals surface area contributed by atoms with Crippen LogP contribution in [0.4, 0.5) is 17.3 Å². The van der Waals surface area contributed by atoms with E-state index in [9.17, 15) is 24.9 Å². The van der Waals surface area contributed by atoms with E-state index < -0.39 is 6.35 Å². The molecule has 2 aliphatic heterocycles. The predicted octanol–water partition coefficient (Wildman–Crippen LogP) is 3.16. The topological polar surface area (TPSA) is 199 Å². The summed E-state index contributed by atoms with van der Waals surface area (Å²) in [7, 11) is 0. The number of phenolic OH excluding ortho intramolecular Hbond substituents is 2. The van der Waals surface area contributed by atoms with Crippen LogP contribution in [0.5, 0.6) is 11.5 Å². The maximum absolute atomic E-state index is 13.4. The molecule has 14 heteroatoms. The number of benzene rings is 3. The minimum atomic E-state index is -1.14. The number of aryl methyl sites for hydroxylation is 2. The minimum Gasteiger partial charge on any atom is -0.508 e. The molecule has 0 radical (unpaired) electrons. The molecule has 14 nitrogen and oxygen atoms in total. The fourth-order valence-electron chi connectivity index (χ4n) is 6.62. The van der Waals surface area contributed by atoms with Gasteiger partial charge in [0.1, 0.15) is 17.1 Å². The van der Waals surface area contributed by atoms with E-state index >= 15 is 0 Å². The predicted molar refractivity (Wildman–Crippen MR) is 192 cm³/mol. The molecule has 0 saturated carbocycles. The number of amidine groups is 1. The molecule has 0 spiro atoms. The largest absolute Gasteiger partial charge is 0.508 e. The second kappa shape index (κ2) is 13.1. The summed E-state index contributed by atoms with van der Waals surface area (Å²) in [5.41, 5.74) is 13.8. The molecule has 258 valence electrons. The Morgan fingerprint density at radius 1 is 0.960 bits per heavy atom. The number of fused-ring (bicyclic) bond motifs is 1. The Morgan fingerprint density at radius 2 is 1.66 bits per heavy atom. The molecule has 1 fully saturated rings. The van der Waals surface area contributed by atoms with Gasteiger partial charge in [-0.1, -0.05) is 26.0 Å². The van der Waals surface area contributed by atoms with Crippen LogP contribution in [0, 0.1) is 0 Å². The SMILES string of the molecule is CC(C)c1cc(C2=NNC(O)N2c2ccc(N3CCN(C(=O)c4ccc(CCc5c[nH]c6nc(N)[nH]c(=O)c56)cc4)CC3)cc2)c(O)cc1O. The molecule has 7 rings (SSSR count). The van der Waals surface area contributed by atoms with Gasteiger partial charge >= 0.3 is 0 Å². The molecule has 1 saturated heterocycles. The first-order valence-electron chi connectivity index (χ1n) is 16.5. The first-order chi connectivity index (χ1) is 24.1. The van der Waals surface area contributed by atoms with Crippen molar-refractivity contribution in [2.75, 3.05) is 41.7 Å². The zero-order valence-electron chi connectivity index (χ0n) is 27.7. The molecule has 50 heavy (non-hydrogen) atoms. The lowest BCUT2D eigenvalue weighted by atomic mass is 9.98. The average Bonchev–Trinajstić information content (AvgIpc) is 3.70. The highest BCUT2D eigenvalue weighted by Crippen LogP contribution is 2.35. The molecule has 0 bridgehead atoms. The summed E-state index contributed by atoms with van der Waals surface area (Å²) in [6.45, 7) is 6.35. The monoisotopic (exact) mass is 677 g/mol. The van der Waals surface area contributed by atoms with E-state index in [2.05, 4.69) is 30.4 Å². The van der Waals surface area contributed by atoms with Gasteiger partial charge in [-0.05, 0) is 77.9 Å². The lowest BCUT2D eigenvalue weighted by Crippen LogP contribution is -2.48. The highest BCUT2D eigenvalue weighted by atomic mass is 16.3. The van der Waals surface area contributed by atoms with Crippen LogP contribution >= 0.6 is 0 Å². The van der Waals surface area contributed by atoms with Gasteiger partial charge in [0.25, 0.3) is 11.5 Å². The molecule has 3 aromatic carbocycles. The van der Waals surface area contributed by atoms with Crippen LogP contribution in [-0.2, 0) is 12.8 Å². The Bertz CT molecular complexity index is 2130. The zero-order valence-corrected chi connectivity index (χ0v) is 27.7. The van der Waals surface area contributed by atoms with E-state index in [1.54, 1.807) is 17.2 Å². The van der Waals surface area contributed by atoms with E-state index in [0.717, 1.165) is 16.8 Å². The minimum absolute atomic E-state index is 0.00280. The Kier molecular flexibility index (Phi) is 8.53. The summed E-state index contributed by atoms with van der Waals surface area (Å²) in [5.74, 6) is 0.266. The normalized spacial score (nSPS) is 16.3. The number of nitrogens with zero attached hydrogens (tertiary/aromatic N) is 5. The third kappa shape index (κ3) is 6.16. The van der Waals surface area contributed by atoms with Crippen LogP contribution in [0.3, 0.4) is 0 Å². The molecule has 1 unspecified atom stereocenters. The van der Waals surface area contributed by atoms with Crippen molar-refractivity contribution in [1.29, 1.82) is 0 Å². The zero-order chi connectivity index (χ0) is 35.1. The molecule has 1 amide bonds. The van der Waals surface area contributed by atoms with Crippen molar-refractivity contribution in [2.24, 2.45) is 5.10 Å². The fourth-order valence-corrected chi connectivity index (χ4v) is 6.62. The van der Waals surface area contributed by atoms with Crippen molar-refractivity contribution in [3.63, 3.8) is 0 Å². The van der Waals surface area contributed by atoms with Gasteiger partial charge in [0.15, 0.2) is 5.84 Å². The molecule has 5 aromatic rings. The number of nitrogens with two attached hydrogens (primary N) is 1. The van der Waals surface area contributed by atoms with E-state index in [1.165, 1.54) is 6.07 Å². The summed E-state index contributed by atoms with van der Waals surface area (Å²) in [6, 6.07) is 18.3. The standard InChI is InChI=1S/C36H39N9O5/c1-20(2)26-17-27(29(47)18-28(26)46)32-41-42-36(50)45(32)25-11-9-24(10-12-25)43-13-15-44(16-14-43)34(49)22-6-3-21(4-7-22)5-8-23-19-38-31-30(23)33(48)40-35(37)39-31/h3-4,6-7,9-12,17-20,36,42,46-47,50H,5,8,13-16H2,1-2H3,(H4,37,38,39,40,48). The molecule has 8 N–H and O–H groups in total. The molecule has 0 aliphatic carbocycles. The number of aliphatic hydroxyl groups is 1. The lowest BCUT2D eigenvalue weighted by molar-refractivity contribution is 0.0746. The van der Waals surface area contributed by atoms with Crippen molar-refractivity contribution in [3.05, 3.63) is 105 Å². The molecule has 1 atom stereocenters. The van der Waals surface area contributed by atoms with E-state index in [-0.39, 0.29) is 34.8 Å². The summed E-state index contributed by atoms with van der Waals surface area (Å²) in [4.78, 5) is 41.1. The van der Waals surface area contributed by atoms with Crippen molar-refractivity contribution >= 4 is 40.1 Å². The second-order valence-corrected chi connectivity index (χ2v) is 12.9. The van der Waals surface area contributed by atoms with Crippen LogP contribution in [-0.4, -0.2) is 79.4 Å². The highest BCUT2D eigenvalue weighted by Gasteiger charge is 2.31. The number of hydrazone groups is 1. The molecule has 2 aliphatic rings. The van der Waals surface area contributed by atoms with Crippen LogP contribution in [0.15, 0.2) is 76.8 Å². The van der Waals surface area contributed by atoms with Crippen LogP contribution in [0.2, 0.25) is 0 Å². The number of hydrogen-bond donors (Lipinski definition) is 7. The Labute approximate surface area is 287 Å². The first-order valence-corrected chi connectivity index (χ1v) is 16.5. The number of aromatic hydroxyl groups is 2. The number of nitrogen functional groups attached to an aromatic ring is 1. The number of amides is 1. The number of aromatic nitrogens is 3.